The number of alkyl halides is 3. The van der Waals surface area contributed by atoms with Gasteiger partial charge in [-0.15, -0.1) is 0 Å². The Labute approximate surface area is 200 Å². The van der Waals surface area contributed by atoms with E-state index in [1.807, 2.05) is 18.3 Å². The van der Waals surface area contributed by atoms with Gasteiger partial charge in [-0.05, 0) is 49.3 Å². The second-order valence-electron chi connectivity index (χ2n) is 8.68. The van der Waals surface area contributed by atoms with Crippen LogP contribution in [0, 0.1) is 5.92 Å². The van der Waals surface area contributed by atoms with Crippen LogP contribution in [-0.2, 0) is 17.5 Å². The first kappa shape index (κ1) is 24.5. The molecule has 3 heterocycles. The highest BCUT2D eigenvalue weighted by Crippen LogP contribution is 2.29. The number of carbonyl (C=O) groups excluding carboxylic acids is 2. The number of nitrogens with zero attached hydrogens (tertiary/aromatic N) is 4. The molecule has 35 heavy (non-hydrogen) atoms. The Kier molecular flexibility index (Phi) is 7.23. The summed E-state index contributed by atoms with van der Waals surface area (Å²) in [5.41, 5.74) is 5.92. The van der Waals surface area contributed by atoms with Crippen LogP contribution in [0.5, 0.6) is 0 Å². The van der Waals surface area contributed by atoms with Crippen LogP contribution in [0.4, 0.5) is 19.1 Å². The Morgan fingerprint density at radius 3 is 2.46 bits per heavy atom. The van der Waals surface area contributed by atoms with E-state index in [4.69, 9.17) is 5.73 Å². The molecule has 0 radical (unpaired) electrons. The van der Waals surface area contributed by atoms with Crippen molar-refractivity contribution in [1.29, 1.82) is 0 Å². The largest absolute Gasteiger partial charge is 0.419 e. The molecule has 1 saturated heterocycles. The molecule has 0 aliphatic carbocycles. The zero-order valence-corrected chi connectivity index (χ0v) is 19.1. The maximum absolute atomic E-state index is 12.7. The summed E-state index contributed by atoms with van der Waals surface area (Å²) >= 11 is 0. The zero-order chi connectivity index (χ0) is 25.0. The van der Waals surface area contributed by atoms with Gasteiger partial charge in [-0.1, -0.05) is 6.07 Å². The summed E-state index contributed by atoms with van der Waals surface area (Å²) < 4.78 is 40.1. The van der Waals surface area contributed by atoms with E-state index in [1.54, 1.807) is 17.0 Å². The van der Waals surface area contributed by atoms with Gasteiger partial charge in [0.15, 0.2) is 0 Å². The first-order chi connectivity index (χ1) is 16.7. The number of fused-ring (bicyclic) bond motifs is 1. The Hall–Kier alpha value is -3.63. The van der Waals surface area contributed by atoms with Gasteiger partial charge in [-0.2, -0.15) is 13.2 Å². The van der Waals surface area contributed by atoms with E-state index in [2.05, 4.69) is 19.9 Å². The normalized spacial score (nSPS) is 14.9. The fourth-order valence-electron chi connectivity index (χ4n) is 4.27. The van der Waals surface area contributed by atoms with Gasteiger partial charge in [-0.3, -0.25) is 9.59 Å². The van der Waals surface area contributed by atoms with Gasteiger partial charge in [-0.25, -0.2) is 9.97 Å². The van der Waals surface area contributed by atoms with E-state index in [-0.39, 0.29) is 17.8 Å². The van der Waals surface area contributed by atoms with Crippen molar-refractivity contribution in [3.05, 3.63) is 54.0 Å². The van der Waals surface area contributed by atoms with Crippen LogP contribution in [0.25, 0.3) is 10.9 Å². The number of primary amides is 1. The van der Waals surface area contributed by atoms with Crippen LogP contribution in [0.1, 0.15) is 41.6 Å². The molecule has 3 aromatic rings. The second-order valence-corrected chi connectivity index (χ2v) is 8.68. The Morgan fingerprint density at radius 1 is 1.09 bits per heavy atom. The lowest BCUT2D eigenvalue weighted by Gasteiger charge is -2.31. The number of piperidine rings is 1. The molecule has 0 unspecified atom stereocenters. The summed E-state index contributed by atoms with van der Waals surface area (Å²) in [5.74, 6) is -0.353. The number of halogens is 3. The van der Waals surface area contributed by atoms with E-state index >= 15 is 0 Å². The molecule has 186 valence electrons. The molecule has 1 aromatic carbocycles. The molecular formula is C24H27F3N6O2. The smallest absolute Gasteiger partial charge is 0.366 e. The summed E-state index contributed by atoms with van der Waals surface area (Å²) in [5, 5.41) is 4.03. The van der Waals surface area contributed by atoms with Gasteiger partial charge < -0.3 is 20.5 Å². The lowest BCUT2D eigenvalue weighted by molar-refractivity contribution is -0.138. The average molecular weight is 489 g/mol. The molecule has 2 aromatic heterocycles. The molecule has 1 aliphatic rings. The van der Waals surface area contributed by atoms with Crippen molar-refractivity contribution in [1.82, 2.24) is 19.9 Å². The molecule has 0 atom stereocenters. The van der Waals surface area contributed by atoms with E-state index in [9.17, 15) is 22.8 Å². The Morgan fingerprint density at radius 2 is 1.80 bits per heavy atom. The standard InChI is InChI=1S/C24H27F3N6O2/c25-24(26,27)19-14-30-23(31-15-19)33-11-6-17(7-12-33)22(35)29-8-1-2-9-32-10-5-16-3-4-18(21(28)34)13-20(16)32/h3-5,10,13-15,17H,1-2,6-9,11-12H2,(H2,28,34)(H,29,35). The van der Waals surface area contributed by atoms with Crippen LogP contribution < -0.4 is 16.0 Å². The lowest BCUT2D eigenvalue weighted by Crippen LogP contribution is -2.41. The minimum atomic E-state index is -4.46. The highest BCUT2D eigenvalue weighted by atomic mass is 19.4. The molecule has 11 heteroatoms. The van der Waals surface area contributed by atoms with Gasteiger partial charge in [0.05, 0.1) is 5.56 Å². The van der Waals surface area contributed by atoms with Crippen LogP contribution in [0.2, 0.25) is 0 Å². The minimum absolute atomic E-state index is 0.00417. The van der Waals surface area contributed by atoms with Crippen LogP contribution >= 0.6 is 0 Å². The Balaban J connectivity index is 1.18. The number of benzene rings is 1. The molecule has 0 saturated carbocycles. The van der Waals surface area contributed by atoms with Crippen LogP contribution in [0.15, 0.2) is 42.9 Å². The number of hydrogen-bond acceptors (Lipinski definition) is 5. The highest BCUT2D eigenvalue weighted by molar-refractivity contribution is 5.97. The summed E-state index contributed by atoms with van der Waals surface area (Å²) in [7, 11) is 0. The predicted molar refractivity (Wildman–Crippen MR) is 125 cm³/mol. The predicted octanol–water partition coefficient (Wildman–Crippen LogP) is 3.36. The van der Waals surface area contributed by atoms with Gasteiger partial charge in [0.25, 0.3) is 0 Å². The zero-order valence-electron chi connectivity index (χ0n) is 19.1. The number of nitrogens with two attached hydrogens (primary N) is 1. The van der Waals surface area contributed by atoms with Crippen molar-refractivity contribution in [2.75, 3.05) is 24.5 Å². The molecule has 3 N–H and O–H groups in total. The quantitative estimate of drug-likeness (QED) is 0.473. The first-order valence-electron chi connectivity index (χ1n) is 11.5. The minimum Gasteiger partial charge on any atom is -0.366 e. The van der Waals surface area contributed by atoms with Crippen LogP contribution in [0.3, 0.4) is 0 Å². The average Bonchev–Trinajstić information content (AvgIpc) is 3.25. The van der Waals surface area contributed by atoms with Gasteiger partial charge in [0.1, 0.15) is 0 Å². The Bertz CT molecular complexity index is 1180. The summed E-state index contributed by atoms with van der Waals surface area (Å²) in [6.07, 6.45) is 1.92. The number of rotatable bonds is 8. The number of carbonyl (C=O) groups is 2. The fourth-order valence-corrected chi connectivity index (χ4v) is 4.27. The molecular weight excluding hydrogens is 461 g/mol. The molecule has 0 spiro atoms. The van der Waals surface area contributed by atoms with Crippen molar-refractivity contribution in [2.24, 2.45) is 11.7 Å². The van der Waals surface area contributed by atoms with Crippen molar-refractivity contribution in [3.63, 3.8) is 0 Å². The third-order valence-electron chi connectivity index (χ3n) is 6.30. The van der Waals surface area contributed by atoms with Crippen molar-refractivity contribution < 1.29 is 22.8 Å². The van der Waals surface area contributed by atoms with E-state index in [1.165, 1.54) is 0 Å². The number of aromatic nitrogens is 3. The maximum atomic E-state index is 12.7. The molecule has 4 rings (SSSR count). The van der Waals surface area contributed by atoms with Crippen molar-refractivity contribution in [3.8, 4) is 0 Å². The lowest BCUT2D eigenvalue weighted by atomic mass is 9.96. The molecule has 1 aliphatic heterocycles. The summed E-state index contributed by atoms with van der Waals surface area (Å²) in [6.45, 7) is 2.34. The monoisotopic (exact) mass is 488 g/mol. The molecule has 1 fully saturated rings. The van der Waals surface area contributed by atoms with Gasteiger partial charge >= 0.3 is 6.18 Å². The number of anilines is 1. The number of aryl methyl sites for hydroxylation is 1. The highest BCUT2D eigenvalue weighted by Gasteiger charge is 2.32. The van der Waals surface area contributed by atoms with Crippen molar-refractivity contribution in [2.45, 2.75) is 38.4 Å². The SMILES string of the molecule is NC(=O)c1ccc2ccn(CCCCNC(=O)C3CCN(c4ncc(C(F)(F)F)cn4)CC3)c2c1. The van der Waals surface area contributed by atoms with E-state index in [0.717, 1.165) is 42.7 Å². The number of hydrogen-bond donors (Lipinski definition) is 2. The van der Waals surface area contributed by atoms with Gasteiger partial charge in [0.2, 0.25) is 17.8 Å². The number of nitrogens with one attached hydrogen (secondary N) is 1. The summed E-state index contributed by atoms with van der Waals surface area (Å²) in [6, 6.07) is 7.37. The first-order valence-corrected chi connectivity index (χ1v) is 11.5. The number of amides is 2. The summed E-state index contributed by atoms with van der Waals surface area (Å²) in [4.78, 5) is 33.4. The maximum Gasteiger partial charge on any atom is 0.419 e. The fraction of sp³-hybridized carbons (Fsp3) is 0.417. The van der Waals surface area contributed by atoms with Crippen molar-refractivity contribution >= 4 is 28.7 Å². The van der Waals surface area contributed by atoms with Gasteiger partial charge in [0, 0.05) is 61.8 Å². The topological polar surface area (TPSA) is 106 Å². The van der Waals surface area contributed by atoms with E-state index in [0.29, 0.717) is 38.0 Å². The van der Waals surface area contributed by atoms with Crippen LogP contribution in [-0.4, -0.2) is 46.0 Å². The second kappa shape index (κ2) is 10.3. The number of unbranched alkanes of at least 4 members (excludes halogenated alkanes) is 1. The molecule has 2 amide bonds. The van der Waals surface area contributed by atoms with E-state index < -0.39 is 17.6 Å². The third kappa shape index (κ3) is 5.90. The molecule has 0 bridgehead atoms. The molecule has 8 nitrogen and oxygen atoms in total. The third-order valence-corrected chi connectivity index (χ3v) is 6.30.